The van der Waals surface area contributed by atoms with Crippen molar-refractivity contribution in [1.82, 2.24) is 0 Å². The number of Topliss-reactive ketones (excluding diaryl/α,β-unsaturated/α-hetero) is 1. The van der Waals surface area contributed by atoms with Gasteiger partial charge in [0.1, 0.15) is 11.4 Å². The van der Waals surface area contributed by atoms with Crippen molar-refractivity contribution in [3.8, 4) is 5.75 Å². The van der Waals surface area contributed by atoms with E-state index in [1.54, 1.807) is 0 Å². The van der Waals surface area contributed by atoms with Crippen molar-refractivity contribution in [2.24, 2.45) is 11.3 Å². The second kappa shape index (κ2) is 3.59. The minimum Gasteiger partial charge on any atom is -0.486 e. The Balaban J connectivity index is 2.02. The maximum Gasteiger partial charge on any atom is 0.170 e. The lowest BCUT2D eigenvalue weighted by Gasteiger charge is -2.38. The van der Waals surface area contributed by atoms with E-state index in [9.17, 15) is 4.79 Å². The summed E-state index contributed by atoms with van der Waals surface area (Å²) in [5, 5.41) is 0. The van der Waals surface area contributed by atoms with Gasteiger partial charge in [-0.1, -0.05) is 32.9 Å². The molecule has 2 aliphatic rings. The van der Waals surface area contributed by atoms with Crippen LogP contribution in [0.4, 0.5) is 0 Å². The highest BCUT2D eigenvalue weighted by Crippen LogP contribution is 2.53. The Hall–Kier alpha value is -1.31. The van der Waals surface area contributed by atoms with Crippen molar-refractivity contribution < 1.29 is 9.53 Å². The smallest absolute Gasteiger partial charge is 0.170 e. The summed E-state index contributed by atoms with van der Waals surface area (Å²) in [6, 6.07) is 7.64. The fourth-order valence-electron chi connectivity index (χ4n) is 3.85. The molecule has 2 atom stereocenters. The summed E-state index contributed by atoms with van der Waals surface area (Å²) in [5.74, 6) is 1.45. The van der Waals surface area contributed by atoms with Crippen LogP contribution >= 0.6 is 0 Å². The molecule has 1 aromatic carbocycles. The summed E-state index contributed by atoms with van der Waals surface area (Å²) in [6.45, 7) is 6.76. The molecule has 0 saturated heterocycles. The molecule has 0 bridgehead atoms. The van der Waals surface area contributed by atoms with Crippen molar-refractivity contribution in [3.05, 3.63) is 29.8 Å². The molecule has 0 aromatic heterocycles. The maximum absolute atomic E-state index is 12.3. The highest BCUT2D eigenvalue weighted by molar-refractivity contribution is 6.00. The molecule has 3 rings (SSSR count). The van der Waals surface area contributed by atoms with E-state index >= 15 is 0 Å². The highest BCUT2D eigenvalue weighted by Gasteiger charge is 2.53. The maximum atomic E-state index is 12.3. The number of fused-ring (bicyclic) bond motifs is 1. The van der Waals surface area contributed by atoms with E-state index in [0.29, 0.717) is 12.3 Å². The number of benzene rings is 1. The fraction of sp³-hybridized carbons (Fsp3) is 0.562. The Morgan fingerprint density at radius 3 is 2.67 bits per heavy atom. The molecule has 2 nitrogen and oxygen atoms in total. The average Bonchev–Trinajstić information content (AvgIpc) is 2.48. The van der Waals surface area contributed by atoms with E-state index in [1.165, 1.54) is 0 Å². The van der Waals surface area contributed by atoms with Gasteiger partial charge in [0.05, 0.1) is 12.0 Å². The van der Waals surface area contributed by atoms with Gasteiger partial charge in [0.25, 0.3) is 0 Å². The molecule has 1 aliphatic heterocycles. The molecule has 1 aliphatic carbocycles. The van der Waals surface area contributed by atoms with Crippen molar-refractivity contribution in [2.45, 2.75) is 45.6 Å². The molecule has 1 spiro atoms. The Morgan fingerprint density at radius 2 is 2.00 bits per heavy atom. The van der Waals surface area contributed by atoms with Gasteiger partial charge >= 0.3 is 0 Å². The predicted octanol–water partition coefficient (Wildman–Crippen LogP) is 3.85. The predicted molar refractivity (Wildman–Crippen MR) is 70.9 cm³/mol. The van der Waals surface area contributed by atoms with Gasteiger partial charge in [-0.15, -0.1) is 0 Å². The third-order valence-corrected chi connectivity index (χ3v) is 4.50. The van der Waals surface area contributed by atoms with E-state index in [2.05, 4.69) is 20.8 Å². The standard InChI is InChI=1S/C16H20O2/c1-11-8-15(2,3)10-16(11)9-13(17)12-6-4-5-7-14(12)18-16/h4-7,11H,8-10H2,1-3H3. The molecule has 18 heavy (non-hydrogen) atoms. The third-order valence-electron chi connectivity index (χ3n) is 4.50. The first-order valence-electron chi connectivity index (χ1n) is 6.73. The first-order valence-corrected chi connectivity index (χ1v) is 6.73. The van der Waals surface area contributed by atoms with Crippen LogP contribution in [0.5, 0.6) is 5.75 Å². The summed E-state index contributed by atoms with van der Waals surface area (Å²) in [5.41, 5.74) is 0.751. The molecule has 1 saturated carbocycles. The lowest BCUT2D eigenvalue weighted by Crippen LogP contribution is -2.44. The topological polar surface area (TPSA) is 26.3 Å². The fourth-order valence-corrected chi connectivity index (χ4v) is 3.85. The van der Waals surface area contributed by atoms with E-state index in [4.69, 9.17) is 4.74 Å². The minimum absolute atomic E-state index is 0.237. The van der Waals surface area contributed by atoms with Crippen molar-refractivity contribution in [2.75, 3.05) is 0 Å². The average molecular weight is 244 g/mol. The van der Waals surface area contributed by atoms with Gasteiger partial charge in [-0.25, -0.2) is 0 Å². The first-order chi connectivity index (χ1) is 8.42. The van der Waals surface area contributed by atoms with E-state index in [0.717, 1.165) is 24.2 Å². The molecule has 96 valence electrons. The lowest BCUT2D eigenvalue weighted by atomic mass is 9.82. The van der Waals surface area contributed by atoms with Crippen LogP contribution < -0.4 is 4.74 Å². The van der Waals surface area contributed by atoms with E-state index in [1.807, 2.05) is 24.3 Å². The largest absolute Gasteiger partial charge is 0.486 e. The SMILES string of the molecule is CC1CC(C)(C)CC12CC(=O)c1ccccc1O2. The Kier molecular flexibility index (Phi) is 2.35. The zero-order valence-electron chi connectivity index (χ0n) is 11.3. The number of ketones is 1. The van der Waals surface area contributed by atoms with Crippen molar-refractivity contribution >= 4 is 5.78 Å². The van der Waals surface area contributed by atoms with E-state index < -0.39 is 0 Å². The summed E-state index contributed by atoms with van der Waals surface area (Å²) in [6.07, 6.45) is 2.64. The lowest BCUT2D eigenvalue weighted by molar-refractivity contribution is 0.0138. The molecule has 0 radical (unpaired) electrons. The molecule has 1 fully saturated rings. The van der Waals surface area contributed by atoms with Gasteiger partial charge in [0.15, 0.2) is 5.78 Å². The number of carbonyl (C=O) groups excluding carboxylic acids is 1. The number of carbonyl (C=O) groups is 1. The van der Waals surface area contributed by atoms with Crippen LogP contribution in [0.15, 0.2) is 24.3 Å². The van der Waals surface area contributed by atoms with Crippen molar-refractivity contribution in [1.29, 1.82) is 0 Å². The van der Waals surface area contributed by atoms with Crippen LogP contribution in [0.2, 0.25) is 0 Å². The van der Waals surface area contributed by atoms with Crippen LogP contribution in [-0.4, -0.2) is 11.4 Å². The molecule has 2 unspecified atom stereocenters. The Labute approximate surface area is 108 Å². The number of hydrogen-bond acceptors (Lipinski definition) is 2. The third kappa shape index (κ3) is 1.66. The van der Waals surface area contributed by atoms with Crippen LogP contribution in [0.3, 0.4) is 0 Å². The summed E-state index contributed by atoms with van der Waals surface area (Å²) < 4.78 is 6.28. The molecule has 0 amide bonds. The van der Waals surface area contributed by atoms with Gasteiger partial charge < -0.3 is 4.74 Å². The zero-order chi connectivity index (χ0) is 13.0. The van der Waals surface area contributed by atoms with Gasteiger partial charge in [-0.2, -0.15) is 0 Å². The Bertz CT molecular complexity index is 504. The second-order valence-corrected chi connectivity index (χ2v) is 6.71. The minimum atomic E-state index is -0.269. The quantitative estimate of drug-likeness (QED) is 0.693. The first kappa shape index (κ1) is 11.8. The number of hydrogen-bond donors (Lipinski definition) is 0. The molecule has 2 heteroatoms. The van der Waals surface area contributed by atoms with Crippen LogP contribution in [0, 0.1) is 11.3 Å². The second-order valence-electron chi connectivity index (χ2n) is 6.71. The number of para-hydroxylation sites is 1. The zero-order valence-corrected chi connectivity index (χ0v) is 11.3. The highest BCUT2D eigenvalue weighted by atomic mass is 16.5. The Morgan fingerprint density at radius 1 is 1.28 bits per heavy atom. The molecular weight excluding hydrogens is 224 g/mol. The van der Waals surface area contributed by atoms with Gasteiger partial charge in [-0.05, 0) is 36.3 Å². The molecular formula is C16H20O2. The van der Waals surface area contributed by atoms with Gasteiger partial charge in [0.2, 0.25) is 0 Å². The number of rotatable bonds is 0. The monoisotopic (exact) mass is 244 g/mol. The molecule has 1 heterocycles. The summed E-state index contributed by atoms with van der Waals surface area (Å²) in [7, 11) is 0. The normalized spacial score (nSPS) is 33.3. The van der Waals surface area contributed by atoms with Gasteiger partial charge in [0, 0.05) is 0 Å². The number of ether oxygens (including phenoxy) is 1. The van der Waals surface area contributed by atoms with Crippen LogP contribution in [0.25, 0.3) is 0 Å². The van der Waals surface area contributed by atoms with Crippen molar-refractivity contribution in [3.63, 3.8) is 0 Å². The molecule has 1 aromatic rings. The van der Waals surface area contributed by atoms with Crippen LogP contribution in [0.1, 0.15) is 50.4 Å². The molecule has 0 N–H and O–H groups in total. The van der Waals surface area contributed by atoms with Gasteiger partial charge in [-0.3, -0.25) is 4.79 Å². The summed E-state index contributed by atoms with van der Waals surface area (Å²) in [4.78, 5) is 12.3. The van der Waals surface area contributed by atoms with E-state index in [-0.39, 0.29) is 16.8 Å². The summed E-state index contributed by atoms with van der Waals surface area (Å²) >= 11 is 0. The van der Waals surface area contributed by atoms with Crippen LogP contribution in [-0.2, 0) is 0 Å².